The normalized spacial score (nSPS) is 19.5. The van der Waals surface area contributed by atoms with Crippen LogP contribution in [0.3, 0.4) is 0 Å². The molecular weight excluding hydrogens is 244 g/mol. The summed E-state index contributed by atoms with van der Waals surface area (Å²) in [7, 11) is 1.95. The van der Waals surface area contributed by atoms with E-state index in [-0.39, 0.29) is 5.91 Å². The number of hydrogen-bond donors (Lipinski definition) is 1. The summed E-state index contributed by atoms with van der Waals surface area (Å²) < 4.78 is 0. The molecule has 1 saturated heterocycles. The molecule has 0 aromatic carbocycles. The van der Waals surface area contributed by atoms with Crippen LogP contribution in [-0.4, -0.2) is 37.0 Å². The van der Waals surface area contributed by atoms with Gasteiger partial charge in [-0.3, -0.25) is 4.79 Å². The summed E-state index contributed by atoms with van der Waals surface area (Å²) in [5, 5.41) is 3.18. The average Bonchev–Trinajstić information content (AvgIpc) is 2.95. The molecule has 0 bridgehead atoms. The van der Waals surface area contributed by atoms with Crippen molar-refractivity contribution in [3.8, 4) is 0 Å². The number of carbonyl (C=O) groups is 1. The zero-order valence-electron chi connectivity index (χ0n) is 11.5. The minimum absolute atomic E-state index is 0.223. The molecule has 2 rings (SSSR count). The maximum Gasteiger partial charge on any atom is 0.264 e. The SMILES string of the molecule is CCc1sc(C(=O)N2CCCC2CNC)cc1C. The minimum Gasteiger partial charge on any atom is -0.334 e. The Hall–Kier alpha value is -0.870. The second kappa shape index (κ2) is 5.85. The van der Waals surface area contributed by atoms with E-state index in [0.29, 0.717) is 6.04 Å². The van der Waals surface area contributed by atoms with Gasteiger partial charge in [-0.15, -0.1) is 11.3 Å². The van der Waals surface area contributed by atoms with Gasteiger partial charge in [0.05, 0.1) is 4.88 Å². The first-order valence-electron chi connectivity index (χ1n) is 6.72. The Bertz CT molecular complexity index is 427. The van der Waals surface area contributed by atoms with Crippen molar-refractivity contribution >= 4 is 17.2 Å². The first kappa shape index (κ1) is 13.6. The Labute approximate surface area is 113 Å². The number of hydrogen-bond acceptors (Lipinski definition) is 3. The highest BCUT2D eigenvalue weighted by atomic mass is 32.1. The van der Waals surface area contributed by atoms with Crippen LogP contribution in [0.4, 0.5) is 0 Å². The largest absolute Gasteiger partial charge is 0.334 e. The van der Waals surface area contributed by atoms with Crippen LogP contribution in [0, 0.1) is 6.92 Å². The fraction of sp³-hybridized carbons (Fsp3) is 0.643. The van der Waals surface area contributed by atoms with Gasteiger partial charge in [0.2, 0.25) is 0 Å². The van der Waals surface area contributed by atoms with E-state index in [1.165, 1.54) is 10.4 Å². The van der Waals surface area contributed by atoms with Crippen molar-refractivity contribution in [2.24, 2.45) is 0 Å². The van der Waals surface area contributed by atoms with E-state index in [0.717, 1.165) is 37.2 Å². The van der Waals surface area contributed by atoms with Crippen LogP contribution >= 0.6 is 11.3 Å². The second-order valence-electron chi connectivity index (χ2n) is 4.92. The quantitative estimate of drug-likeness (QED) is 0.908. The number of likely N-dealkylation sites (N-methyl/N-ethyl adjacent to an activating group) is 1. The van der Waals surface area contributed by atoms with E-state index in [9.17, 15) is 4.79 Å². The molecule has 2 heterocycles. The first-order valence-corrected chi connectivity index (χ1v) is 7.53. The fourth-order valence-corrected chi connectivity index (χ4v) is 3.74. The summed E-state index contributed by atoms with van der Waals surface area (Å²) in [5.41, 5.74) is 1.26. The zero-order valence-corrected chi connectivity index (χ0v) is 12.3. The van der Waals surface area contributed by atoms with Gasteiger partial charge in [0, 0.05) is 24.0 Å². The van der Waals surface area contributed by atoms with Crippen molar-refractivity contribution in [2.45, 2.75) is 39.2 Å². The molecular formula is C14H22N2OS. The molecule has 1 aromatic rings. The Kier molecular flexibility index (Phi) is 4.40. The number of rotatable bonds is 4. The lowest BCUT2D eigenvalue weighted by molar-refractivity contribution is 0.0742. The second-order valence-corrected chi connectivity index (χ2v) is 6.06. The van der Waals surface area contributed by atoms with E-state index in [1.54, 1.807) is 11.3 Å². The molecule has 1 N–H and O–H groups in total. The third kappa shape index (κ3) is 2.59. The maximum atomic E-state index is 12.5. The number of nitrogens with one attached hydrogen (secondary N) is 1. The highest BCUT2D eigenvalue weighted by molar-refractivity contribution is 7.14. The number of carbonyl (C=O) groups excluding carboxylic acids is 1. The summed E-state index contributed by atoms with van der Waals surface area (Å²) in [5.74, 6) is 0.223. The lowest BCUT2D eigenvalue weighted by Crippen LogP contribution is -2.40. The number of thiophene rings is 1. The van der Waals surface area contributed by atoms with Gasteiger partial charge in [-0.05, 0) is 44.9 Å². The van der Waals surface area contributed by atoms with Crippen molar-refractivity contribution in [3.63, 3.8) is 0 Å². The molecule has 3 nitrogen and oxygen atoms in total. The Morgan fingerprint density at radius 1 is 1.61 bits per heavy atom. The van der Waals surface area contributed by atoms with Crippen LogP contribution in [0.2, 0.25) is 0 Å². The van der Waals surface area contributed by atoms with E-state index in [4.69, 9.17) is 0 Å². The van der Waals surface area contributed by atoms with Crippen molar-refractivity contribution in [3.05, 3.63) is 21.4 Å². The molecule has 4 heteroatoms. The smallest absolute Gasteiger partial charge is 0.264 e. The third-order valence-corrected chi connectivity index (χ3v) is 5.00. The van der Waals surface area contributed by atoms with Crippen LogP contribution in [-0.2, 0) is 6.42 Å². The lowest BCUT2D eigenvalue weighted by Gasteiger charge is -2.23. The number of amides is 1. The number of likely N-dealkylation sites (tertiary alicyclic amines) is 1. The standard InChI is InChI=1S/C14H22N2OS/c1-4-12-10(2)8-13(18-12)14(17)16-7-5-6-11(16)9-15-3/h8,11,15H,4-7,9H2,1-3H3. The van der Waals surface area contributed by atoms with Gasteiger partial charge < -0.3 is 10.2 Å². The number of nitrogens with zero attached hydrogens (tertiary/aromatic N) is 1. The van der Waals surface area contributed by atoms with Gasteiger partial charge in [0.15, 0.2) is 0 Å². The molecule has 100 valence electrons. The van der Waals surface area contributed by atoms with Gasteiger partial charge in [-0.2, -0.15) is 0 Å². The topological polar surface area (TPSA) is 32.3 Å². The van der Waals surface area contributed by atoms with Gasteiger partial charge in [-0.1, -0.05) is 6.92 Å². The summed E-state index contributed by atoms with van der Waals surface area (Å²) in [6.07, 6.45) is 3.27. The molecule has 1 aliphatic rings. The van der Waals surface area contributed by atoms with Crippen molar-refractivity contribution in [2.75, 3.05) is 20.1 Å². The third-order valence-electron chi connectivity index (χ3n) is 3.63. The molecule has 18 heavy (non-hydrogen) atoms. The van der Waals surface area contributed by atoms with Gasteiger partial charge in [0.1, 0.15) is 0 Å². The van der Waals surface area contributed by atoms with E-state index in [1.807, 2.05) is 11.9 Å². The molecule has 0 aliphatic carbocycles. The summed E-state index contributed by atoms with van der Waals surface area (Å²) in [4.78, 5) is 16.8. The summed E-state index contributed by atoms with van der Waals surface area (Å²) >= 11 is 1.66. The maximum absolute atomic E-state index is 12.5. The van der Waals surface area contributed by atoms with E-state index in [2.05, 4.69) is 25.2 Å². The molecule has 0 spiro atoms. The highest BCUT2D eigenvalue weighted by Crippen LogP contribution is 2.26. The molecule has 1 aromatic heterocycles. The summed E-state index contributed by atoms with van der Waals surface area (Å²) in [6, 6.07) is 2.43. The van der Waals surface area contributed by atoms with Gasteiger partial charge in [0.25, 0.3) is 5.91 Å². The average molecular weight is 266 g/mol. The predicted octanol–water partition coefficient (Wildman–Crippen LogP) is 2.44. The highest BCUT2D eigenvalue weighted by Gasteiger charge is 2.29. The van der Waals surface area contributed by atoms with Crippen molar-refractivity contribution in [1.82, 2.24) is 10.2 Å². The number of aryl methyl sites for hydroxylation is 2. The first-order chi connectivity index (χ1) is 8.67. The molecule has 1 amide bonds. The zero-order chi connectivity index (χ0) is 13.1. The van der Waals surface area contributed by atoms with Crippen LogP contribution in [0.25, 0.3) is 0 Å². The Balaban J connectivity index is 2.14. The van der Waals surface area contributed by atoms with Crippen LogP contribution in [0.15, 0.2) is 6.07 Å². The van der Waals surface area contributed by atoms with Crippen molar-refractivity contribution in [1.29, 1.82) is 0 Å². The van der Waals surface area contributed by atoms with E-state index >= 15 is 0 Å². The molecule has 0 saturated carbocycles. The molecule has 1 atom stereocenters. The lowest BCUT2D eigenvalue weighted by atomic mass is 10.2. The van der Waals surface area contributed by atoms with Gasteiger partial charge in [-0.25, -0.2) is 0 Å². The van der Waals surface area contributed by atoms with Crippen LogP contribution in [0.5, 0.6) is 0 Å². The van der Waals surface area contributed by atoms with E-state index < -0.39 is 0 Å². The minimum atomic E-state index is 0.223. The monoisotopic (exact) mass is 266 g/mol. The van der Waals surface area contributed by atoms with Gasteiger partial charge >= 0.3 is 0 Å². The molecule has 0 radical (unpaired) electrons. The van der Waals surface area contributed by atoms with Crippen LogP contribution < -0.4 is 5.32 Å². The Morgan fingerprint density at radius 3 is 3.00 bits per heavy atom. The molecule has 1 unspecified atom stereocenters. The summed E-state index contributed by atoms with van der Waals surface area (Å²) in [6.45, 7) is 6.05. The molecule has 1 fully saturated rings. The van der Waals surface area contributed by atoms with Crippen molar-refractivity contribution < 1.29 is 4.79 Å². The fourth-order valence-electron chi connectivity index (χ4n) is 2.67. The van der Waals surface area contributed by atoms with Crippen LogP contribution in [0.1, 0.15) is 39.9 Å². The Morgan fingerprint density at radius 2 is 2.39 bits per heavy atom. The predicted molar refractivity (Wildman–Crippen MR) is 76.4 cm³/mol. The molecule has 1 aliphatic heterocycles.